The van der Waals surface area contributed by atoms with Gasteiger partial charge in [0, 0.05) is 37.1 Å². The Bertz CT molecular complexity index is 789. The quantitative estimate of drug-likeness (QED) is 0.304. The number of aromatic nitrogens is 3. The van der Waals surface area contributed by atoms with E-state index in [9.17, 15) is 0 Å². The number of nitrogens with one attached hydrogen (secondary N) is 2. The van der Waals surface area contributed by atoms with Gasteiger partial charge in [0.2, 0.25) is 5.88 Å². The summed E-state index contributed by atoms with van der Waals surface area (Å²) in [5.74, 6) is 1.46. The first kappa shape index (κ1) is 25.2. The van der Waals surface area contributed by atoms with Crippen LogP contribution in [0.4, 0.5) is 0 Å². The maximum absolute atomic E-state index is 5.74. The number of aliphatic imine (C=N–C) groups is 1. The summed E-state index contributed by atoms with van der Waals surface area (Å²) in [4.78, 5) is 9.07. The van der Waals surface area contributed by atoms with E-state index in [1.165, 1.54) is 11.3 Å². The number of hydrogen-bond donors (Lipinski definition) is 2. The minimum atomic E-state index is 0. The lowest BCUT2D eigenvalue weighted by Gasteiger charge is -2.18. The molecule has 2 aromatic rings. The standard InChI is InChI=1S/C21H34N6O.HI/c1-7-12-28-20-18(10-9-11-23-20)14-24-21(22-8-2)25-15(3)13-19-16(4)26-27(6)17(19)5;/h9-11,15H,7-8,12-14H2,1-6H3,(H2,22,24,25);1H. The number of ether oxygens (including phenoxy) is 1. The molecule has 0 aliphatic heterocycles. The van der Waals surface area contributed by atoms with E-state index >= 15 is 0 Å². The zero-order valence-corrected chi connectivity index (χ0v) is 20.8. The summed E-state index contributed by atoms with van der Waals surface area (Å²) >= 11 is 0. The molecule has 1 atom stereocenters. The zero-order chi connectivity index (χ0) is 20.5. The Morgan fingerprint density at radius 1 is 1.31 bits per heavy atom. The maximum Gasteiger partial charge on any atom is 0.218 e. The summed E-state index contributed by atoms with van der Waals surface area (Å²) in [7, 11) is 1.99. The zero-order valence-electron chi connectivity index (χ0n) is 18.5. The molecule has 0 saturated heterocycles. The van der Waals surface area contributed by atoms with Gasteiger partial charge in [0.15, 0.2) is 5.96 Å². The Hall–Kier alpha value is -1.84. The Balaban J connectivity index is 0.00000420. The van der Waals surface area contributed by atoms with Crippen molar-refractivity contribution < 1.29 is 4.74 Å². The van der Waals surface area contributed by atoms with Gasteiger partial charge in [0.1, 0.15) is 0 Å². The van der Waals surface area contributed by atoms with Crippen molar-refractivity contribution in [2.45, 2.75) is 60.0 Å². The number of aryl methyl sites for hydroxylation is 2. The van der Waals surface area contributed by atoms with Crippen LogP contribution < -0.4 is 15.4 Å². The average molecular weight is 514 g/mol. The lowest BCUT2D eigenvalue weighted by atomic mass is 10.1. The van der Waals surface area contributed by atoms with Crippen molar-refractivity contribution in [3.05, 3.63) is 40.8 Å². The van der Waals surface area contributed by atoms with Crippen LogP contribution in [0.3, 0.4) is 0 Å². The molecule has 1 unspecified atom stereocenters. The second kappa shape index (κ2) is 12.7. The minimum Gasteiger partial charge on any atom is -0.477 e. The molecule has 0 saturated carbocycles. The van der Waals surface area contributed by atoms with Gasteiger partial charge in [-0.15, -0.1) is 24.0 Å². The Kier molecular flexibility index (Phi) is 11.0. The van der Waals surface area contributed by atoms with Crippen molar-refractivity contribution >= 4 is 29.9 Å². The molecule has 7 nitrogen and oxygen atoms in total. The van der Waals surface area contributed by atoms with E-state index in [0.717, 1.165) is 36.6 Å². The molecule has 0 amide bonds. The first-order valence-corrected chi connectivity index (χ1v) is 10.1. The second-order valence-corrected chi connectivity index (χ2v) is 7.03. The highest BCUT2D eigenvalue weighted by molar-refractivity contribution is 14.0. The number of hydrogen-bond acceptors (Lipinski definition) is 4. The van der Waals surface area contributed by atoms with Crippen molar-refractivity contribution in [1.82, 2.24) is 25.4 Å². The molecule has 0 radical (unpaired) electrons. The van der Waals surface area contributed by atoms with Crippen LogP contribution in [0.25, 0.3) is 0 Å². The minimum absolute atomic E-state index is 0. The Morgan fingerprint density at radius 3 is 2.69 bits per heavy atom. The van der Waals surface area contributed by atoms with Gasteiger partial charge in [-0.3, -0.25) is 4.68 Å². The smallest absolute Gasteiger partial charge is 0.218 e. The van der Waals surface area contributed by atoms with Crippen LogP contribution in [0.1, 0.15) is 49.7 Å². The molecular weight excluding hydrogens is 479 g/mol. The third kappa shape index (κ3) is 7.49. The summed E-state index contributed by atoms with van der Waals surface area (Å²) in [5.41, 5.74) is 4.57. The van der Waals surface area contributed by atoms with Crippen molar-refractivity contribution in [1.29, 1.82) is 0 Å². The van der Waals surface area contributed by atoms with E-state index in [1.807, 2.05) is 23.9 Å². The molecule has 0 aliphatic rings. The van der Waals surface area contributed by atoms with Gasteiger partial charge in [-0.1, -0.05) is 13.0 Å². The molecule has 0 fully saturated rings. The van der Waals surface area contributed by atoms with Crippen LogP contribution in [0.2, 0.25) is 0 Å². The number of nitrogens with zero attached hydrogens (tertiary/aromatic N) is 4. The predicted octanol–water partition coefficient (Wildman–Crippen LogP) is 3.53. The number of halogens is 1. The lowest BCUT2D eigenvalue weighted by Crippen LogP contribution is -2.43. The molecule has 2 N–H and O–H groups in total. The number of guanidine groups is 1. The van der Waals surface area contributed by atoms with Crippen molar-refractivity contribution in [2.24, 2.45) is 12.0 Å². The first-order valence-electron chi connectivity index (χ1n) is 10.1. The molecule has 8 heteroatoms. The molecule has 2 rings (SSSR count). The van der Waals surface area contributed by atoms with Crippen molar-refractivity contribution in [2.75, 3.05) is 13.2 Å². The third-order valence-electron chi connectivity index (χ3n) is 4.60. The predicted molar refractivity (Wildman–Crippen MR) is 129 cm³/mol. The fourth-order valence-corrected chi connectivity index (χ4v) is 3.06. The molecule has 29 heavy (non-hydrogen) atoms. The lowest BCUT2D eigenvalue weighted by molar-refractivity contribution is 0.302. The highest BCUT2D eigenvalue weighted by atomic mass is 127. The van der Waals surface area contributed by atoms with E-state index in [1.54, 1.807) is 6.20 Å². The van der Waals surface area contributed by atoms with E-state index < -0.39 is 0 Å². The molecular formula is C21H35IN6O. The molecule has 162 valence electrons. The summed E-state index contributed by atoms with van der Waals surface area (Å²) in [5, 5.41) is 11.3. The van der Waals surface area contributed by atoms with E-state index in [2.05, 4.69) is 55.3 Å². The van der Waals surface area contributed by atoms with Crippen LogP contribution in [-0.4, -0.2) is 39.9 Å². The Morgan fingerprint density at radius 2 is 2.07 bits per heavy atom. The van der Waals surface area contributed by atoms with Crippen LogP contribution in [0.5, 0.6) is 5.88 Å². The molecule has 0 bridgehead atoms. The second-order valence-electron chi connectivity index (χ2n) is 7.03. The SMILES string of the molecule is CCCOc1ncccc1CN=C(NCC)NC(C)Cc1c(C)nn(C)c1C.I. The summed E-state index contributed by atoms with van der Waals surface area (Å²) in [6.45, 7) is 12.5. The van der Waals surface area contributed by atoms with Crippen LogP contribution in [0, 0.1) is 13.8 Å². The van der Waals surface area contributed by atoms with Crippen LogP contribution in [-0.2, 0) is 20.0 Å². The van der Waals surface area contributed by atoms with Crippen LogP contribution >= 0.6 is 24.0 Å². The fourth-order valence-electron chi connectivity index (χ4n) is 3.06. The van der Waals surface area contributed by atoms with E-state index in [0.29, 0.717) is 19.0 Å². The number of pyridine rings is 1. The van der Waals surface area contributed by atoms with Gasteiger partial charge in [-0.25, -0.2) is 9.98 Å². The molecule has 0 aromatic carbocycles. The van der Waals surface area contributed by atoms with Gasteiger partial charge < -0.3 is 15.4 Å². The van der Waals surface area contributed by atoms with E-state index in [4.69, 9.17) is 9.73 Å². The monoisotopic (exact) mass is 514 g/mol. The maximum atomic E-state index is 5.74. The first-order chi connectivity index (χ1) is 13.5. The van der Waals surface area contributed by atoms with Gasteiger partial charge in [-0.2, -0.15) is 5.10 Å². The number of rotatable bonds is 9. The molecule has 2 aromatic heterocycles. The van der Waals surface area contributed by atoms with Crippen molar-refractivity contribution in [3.8, 4) is 5.88 Å². The van der Waals surface area contributed by atoms with Gasteiger partial charge in [0.25, 0.3) is 0 Å². The normalized spacial score (nSPS) is 12.3. The fraction of sp³-hybridized carbons (Fsp3) is 0.571. The van der Waals surface area contributed by atoms with E-state index in [-0.39, 0.29) is 30.0 Å². The molecule has 0 spiro atoms. The summed E-state index contributed by atoms with van der Waals surface area (Å²) in [6, 6.07) is 4.15. The highest BCUT2D eigenvalue weighted by Gasteiger charge is 2.14. The molecule has 2 heterocycles. The Labute approximate surface area is 191 Å². The van der Waals surface area contributed by atoms with Gasteiger partial charge in [0.05, 0.1) is 18.8 Å². The largest absolute Gasteiger partial charge is 0.477 e. The third-order valence-corrected chi connectivity index (χ3v) is 4.60. The summed E-state index contributed by atoms with van der Waals surface area (Å²) < 4.78 is 7.68. The van der Waals surface area contributed by atoms with Crippen LogP contribution in [0.15, 0.2) is 23.3 Å². The average Bonchev–Trinajstić information content (AvgIpc) is 2.91. The molecule has 0 aliphatic carbocycles. The summed E-state index contributed by atoms with van der Waals surface area (Å²) in [6.07, 6.45) is 3.60. The van der Waals surface area contributed by atoms with Gasteiger partial charge >= 0.3 is 0 Å². The highest BCUT2D eigenvalue weighted by Crippen LogP contribution is 2.16. The van der Waals surface area contributed by atoms with Crippen molar-refractivity contribution in [3.63, 3.8) is 0 Å². The topological polar surface area (TPSA) is 76.4 Å². The van der Waals surface area contributed by atoms with Gasteiger partial charge in [-0.05, 0) is 52.2 Å².